The molecule has 0 atom stereocenters. The number of nitrogens with one attached hydrogen (secondary N) is 1. The number of nitrogens with zero attached hydrogens (tertiary/aromatic N) is 2. The average molecular weight is 416 g/mol. The molecule has 3 rings (SSSR count). The van der Waals surface area contributed by atoms with Gasteiger partial charge in [0.05, 0.1) is 11.0 Å². The van der Waals surface area contributed by atoms with E-state index in [1.807, 2.05) is 0 Å². The summed E-state index contributed by atoms with van der Waals surface area (Å²) in [5.41, 5.74) is -0.0188. The third-order valence-corrected chi connectivity index (χ3v) is 7.71. The molecule has 1 aromatic carbocycles. The van der Waals surface area contributed by atoms with Gasteiger partial charge in [0.25, 0.3) is 0 Å². The lowest BCUT2D eigenvalue weighted by Gasteiger charge is -2.31. The molecule has 29 heavy (non-hydrogen) atoms. The van der Waals surface area contributed by atoms with Gasteiger partial charge < -0.3 is 5.32 Å². The summed E-state index contributed by atoms with van der Waals surface area (Å²) in [5, 5.41) is 12.3. The molecule has 1 aliphatic carbocycles. The first-order valence-electron chi connectivity index (χ1n) is 10.5. The molecule has 7 heteroatoms. The third kappa shape index (κ3) is 5.46. The van der Waals surface area contributed by atoms with Crippen LogP contribution in [0.25, 0.3) is 6.08 Å². The Bertz CT molecular complexity index is 871. The van der Waals surface area contributed by atoms with Crippen molar-refractivity contribution in [3.05, 3.63) is 35.9 Å². The topological polar surface area (TPSA) is 90.3 Å². The molecular formula is C22H29N3O3S. The number of amides is 1. The molecular weight excluding hydrogens is 386 g/mol. The van der Waals surface area contributed by atoms with E-state index in [0.29, 0.717) is 25.9 Å². The summed E-state index contributed by atoms with van der Waals surface area (Å²) in [6.07, 6.45) is 11.4. The monoisotopic (exact) mass is 415 g/mol. The maximum absolute atomic E-state index is 12.8. The van der Waals surface area contributed by atoms with Crippen molar-refractivity contribution in [1.29, 1.82) is 5.26 Å². The average Bonchev–Trinajstić information content (AvgIpc) is 3.03. The summed E-state index contributed by atoms with van der Waals surface area (Å²) >= 11 is 0. The van der Waals surface area contributed by atoms with Crippen LogP contribution in [0.3, 0.4) is 0 Å². The quantitative estimate of drug-likeness (QED) is 0.744. The summed E-state index contributed by atoms with van der Waals surface area (Å²) < 4.78 is 27.2. The molecule has 0 radical (unpaired) electrons. The van der Waals surface area contributed by atoms with E-state index in [1.165, 1.54) is 6.08 Å². The second-order valence-corrected chi connectivity index (χ2v) is 9.90. The summed E-state index contributed by atoms with van der Waals surface area (Å²) in [6, 6.07) is 8.86. The standard InChI is InChI=1S/C22H29N3O3S/c23-18-22(14-4-3-5-15-22)24-21(26)13-10-19-8-11-20(12-9-19)29(27,28)25-16-6-1-2-7-17-25/h8-13H,1-7,14-17H2,(H,24,26)/b13-10+. The fraction of sp³-hybridized carbons (Fsp3) is 0.545. The lowest BCUT2D eigenvalue weighted by Crippen LogP contribution is -2.48. The van der Waals surface area contributed by atoms with Gasteiger partial charge in [-0.25, -0.2) is 8.42 Å². The zero-order valence-corrected chi connectivity index (χ0v) is 17.6. The molecule has 1 heterocycles. The van der Waals surface area contributed by atoms with Gasteiger partial charge in [0, 0.05) is 19.2 Å². The normalized spacial score (nSPS) is 20.7. The molecule has 0 bridgehead atoms. The molecule has 6 nitrogen and oxygen atoms in total. The van der Waals surface area contributed by atoms with Crippen molar-refractivity contribution in [2.75, 3.05) is 13.1 Å². The highest BCUT2D eigenvalue weighted by Gasteiger charge is 2.33. The first-order valence-corrected chi connectivity index (χ1v) is 11.9. The summed E-state index contributed by atoms with van der Waals surface area (Å²) in [6.45, 7) is 1.15. The summed E-state index contributed by atoms with van der Waals surface area (Å²) in [5.74, 6) is -0.297. The highest BCUT2D eigenvalue weighted by atomic mass is 32.2. The van der Waals surface area contributed by atoms with Crippen molar-refractivity contribution in [1.82, 2.24) is 9.62 Å². The highest BCUT2D eigenvalue weighted by molar-refractivity contribution is 7.89. The number of rotatable bonds is 5. The van der Waals surface area contributed by atoms with Crippen molar-refractivity contribution in [3.63, 3.8) is 0 Å². The van der Waals surface area contributed by atoms with Gasteiger partial charge in [0.1, 0.15) is 5.54 Å². The molecule has 1 saturated carbocycles. The van der Waals surface area contributed by atoms with Crippen molar-refractivity contribution in [2.45, 2.75) is 68.2 Å². The van der Waals surface area contributed by atoms with E-state index in [1.54, 1.807) is 34.6 Å². The SMILES string of the molecule is N#CC1(NC(=O)/C=C/c2ccc(S(=O)(=O)N3CCCCCC3)cc2)CCCCC1. The number of hydrogen-bond acceptors (Lipinski definition) is 4. The zero-order valence-electron chi connectivity index (χ0n) is 16.8. The largest absolute Gasteiger partial charge is 0.334 e. The molecule has 0 spiro atoms. The Hall–Kier alpha value is -2.17. The van der Waals surface area contributed by atoms with Crippen LogP contribution in [-0.4, -0.2) is 37.3 Å². The first kappa shape index (κ1) is 21.5. The van der Waals surface area contributed by atoms with Crippen LogP contribution in [0.15, 0.2) is 35.2 Å². The van der Waals surface area contributed by atoms with E-state index in [4.69, 9.17) is 0 Å². The Balaban J connectivity index is 1.64. The van der Waals surface area contributed by atoms with Gasteiger partial charge >= 0.3 is 0 Å². The Morgan fingerprint density at radius 2 is 1.59 bits per heavy atom. The second kappa shape index (κ2) is 9.55. The van der Waals surface area contributed by atoms with Crippen molar-refractivity contribution in [3.8, 4) is 6.07 Å². The molecule has 1 saturated heterocycles. The van der Waals surface area contributed by atoms with E-state index in [9.17, 15) is 18.5 Å². The predicted octanol–water partition coefficient (Wildman–Crippen LogP) is 3.61. The Morgan fingerprint density at radius 1 is 1.00 bits per heavy atom. The van der Waals surface area contributed by atoms with Gasteiger partial charge in [0.2, 0.25) is 15.9 Å². The number of carbonyl (C=O) groups is 1. The van der Waals surface area contributed by atoms with E-state index < -0.39 is 15.6 Å². The minimum Gasteiger partial charge on any atom is -0.334 e. The number of sulfonamides is 1. The van der Waals surface area contributed by atoms with Crippen LogP contribution in [0.2, 0.25) is 0 Å². The smallest absolute Gasteiger partial charge is 0.245 e. The lowest BCUT2D eigenvalue weighted by molar-refractivity contribution is -0.118. The number of carbonyl (C=O) groups excluding carboxylic acids is 1. The molecule has 1 aliphatic heterocycles. The number of nitriles is 1. The fourth-order valence-electron chi connectivity index (χ4n) is 4.05. The molecule has 2 aliphatic rings. The van der Waals surface area contributed by atoms with Crippen LogP contribution in [0.4, 0.5) is 0 Å². The maximum Gasteiger partial charge on any atom is 0.245 e. The van der Waals surface area contributed by atoms with Crippen molar-refractivity contribution < 1.29 is 13.2 Å². The molecule has 0 aromatic heterocycles. The Kier molecular flexibility index (Phi) is 7.09. The summed E-state index contributed by atoms with van der Waals surface area (Å²) in [7, 11) is -3.47. The van der Waals surface area contributed by atoms with E-state index in [0.717, 1.165) is 50.5 Å². The van der Waals surface area contributed by atoms with Crippen LogP contribution in [0.1, 0.15) is 63.4 Å². The van der Waals surface area contributed by atoms with E-state index >= 15 is 0 Å². The molecule has 0 unspecified atom stereocenters. The van der Waals surface area contributed by atoms with Crippen LogP contribution in [0.5, 0.6) is 0 Å². The fourth-order valence-corrected chi connectivity index (χ4v) is 5.57. The predicted molar refractivity (Wildman–Crippen MR) is 112 cm³/mol. The van der Waals surface area contributed by atoms with Gasteiger partial charge in [-0.3, -0.25) is 4.79 Å². The van der Waals surface area contributed by atoms with E-state index in [2.05, 4.69) is 11.4 Å². The van der Waals surface area contributed by atoms with Crippen molar-refractivity contribution in [2.24, 2.45) is 0 Å². The highest BCUT2D eigenvalue weighted by Crippen LogP contribution is 2.27. The zero-order chi connectivity index (χ0) is 20.7. The van der Waals surface area contributed by atoms with Gasteiger partial charge in [-0.05, 0) is 49.5 Å². The third-order valence-electron chi connectivity index (χ3n) is 5.79. The van der Waals surface area contributed by atoms with Gasteiger partial charge in [-0.2, -0.15) is 9.57 Å². The van der Waals surface area contributed by atoms with Gasteiger partial charge in [0.15, 0.2) is 0 Å². The number of hydrogen-bond donors (Lipinski definition) is 1. The Labute approximate surface area is 173 Å². The second-order valence-electron chi connectivity index (χ2n) is 7.96. The first-order chi connectivity index (χ1) is 14.0. The molecule has 1 N–H and O–H groups in total. The number of benzene rings is 1. The molecule has 1 amide bonds. The van der Waals surface area contributed by atoms with Gasteiger partial charge in [-0.15, -0.1) is 0 Å². The van der Waals surface area contributed by atoms with Crippen molar-refractivity contribution >= 4 is 22.0 Å². The Morgan fingerprint density at radius 3 is 2.17 bits per heavy atom. The minimum atomic E-state index is -3.47. The van der Waals surface area contributed by atoms with E-state index in [-0.39, 0.29) is 10.8 Å². The van der Waals surface area contributed by atoms with Crippen LogP contribution in [0, 0.1) is 11.3 Å². The van der Waals surface area contributed by atoms with Gasteiger partial charge in [-0.1, -0.05) is 44.2 Å². The van der Waals surface area contributed by atoms with Crippen LogP contribution < -0.4 is 5.32 Å². The van der Waals surface area contributed by atoms with Crippen LogP contribution in [-0.2, 0) is 14.8 Å². The van der Waals surface area contributed by atoms with Crippen LogP contribution >= 0.6 is 0 Å². The maximum atomic E-state index is 12.8. The molecule has 156 valence electrons. The lowest BCUT2D eigenvalue weighted by atomic mass is 9.83. The summed E-state index contributed by atoms with van der Waals surface area (Å²) in [4.78, 5) is 12.5. The minimum absolute atomic E-state index is 0.284. The molecule has 1 aromatic rings. The molecule has 2 fully saturated rings.